The number of alkyl carbamates (subject to hydrolysis) is 1. The van der Waals surface area contributed by atoms with E-state index in [2.05, 4.69) is 5.32 Å². The Balaban J connectivity index is 2.60. The Bertz CT molecular complexity index is 538. The number of rotatable bonds is 6. The van der Waals surface area contributed by atoms with Crippen LogP contribution >= 0.6 is 0 Å². The van der Waals surface area contributed by atoms with E-state index in [0.29, 0.717) is 5.56 Å². The van der Waals surface area contributed by atoms with Gasteiger partial charge in [0.2, 0.25) is 0 Å². The monoisotopic (exact) mass is 327 g/mol. The van der Waals surface area contributed by atoms with E-state index in [9.17, 15) is 19.1 Å². The van der Waals surface area contributed by atoms with Crippen LogP contribution in [0.3, 0.4) is 0 Å². The first-order valence-electron chi connectivity index (χ1n) is 7.17. The standard InChI is InChI=1S/C16H22FNO5/c1-10(22-9-11-5-7-12(17)8-6-11)13(14(19)20)18-15(21)23-16(2,3)4/h5-8,10,13H,9H2,1-4H3,(H,18,21)(H,19,20)/t10-,13-/m0/s1. The topological polar surface area (TPSA) is 84.9 Å². The Labute approximate surface area is 134 Å². The van der Waals surface area contributed by atoms with Crippen LogP contribution in [0.4, 0.5) is 9.18 Å². The van der Waals surface area contributed by atoms with Crippen molar-refractivity contribution in [3.63, 3.8) is 0 Å². The van der Waals surface area contributed by atoms with E-state index in [-0.39, 0.29) is 12.4 Å². The minimum atomic E-state index is -1.26. The summed E-state index contributed by atoms with van der Waals surface area (Å²) in [5.74, 6) is -1.60. The van der Waals surface area contributed by atoms with Gasteiger partial charge in [-0.15, -0.1) is 0 Å². The number of benzene rings is 1. The molecule has 0 radical (unpaired) electrons. The van der Waals surface area contributed by atoms with Gasteiger partial charge in [-0.2, -0.15) is 0 Å². The van der Waals surface area contributed by atoms with Gasteiger partial charge in [-0.05, 0) is 45.4 Å². The molecule has 0 fully saturated rings. The Hall–Kier alpha value is -2.15. The highest BCUT2D eigenvalue weighted by atomic mass is 19.1. The minimum Gasteiger partial charge on any atom is -0.480 e. The Morgan fingerprint density at radius 2 is 1.83 bits per heavy atom. The third-order valence-corrected chi connectivity index (χ3v) is 2.83. The first-order valence-corrected chi connectivity index (χ1v) is 7.17. The van der Waals surface area contributed by atoms with E-state index in [4.69, 9.17) is 9.47 Å². The molecule has 23 heavy (non-hydrogen) atoms. The van der Waals surface area contributed by atoms with Crippen molar-refractivity contribution in [2.45, 2.75) is 52.0 Å². The molecule has 0 saturated heterocycles. The molecule has 0 unspecified atom stereocenters. The fourth-order valence-electron chi connectivity index (χ4n) is 1.72. The van der Waals surface area contributed by atoms with Crippen LogP contribution in [0.25, 0.3) is 0 Å². The second kappa shape index (κ2) is 7.92. The van der Waals surface area contributed by atoms with Crippen molar-refractivity contribution in [2.75, 3.05) is 0 Å². The second-order valence-electron chi connectivity index (χ2n) is 6.10. The number of hydrogen-bond acceptors (Lipinski definition) is 4. The molecule has 0 aliphatic rings. The maximum Gasteiger partial charge on any atom is 0.408 e. The summed E-state index contributed by atoms with van der Waals surface area (Å²) in [6.07, 6.45) is -1.63. The lowest BCUT2D eigenvalue weighted by atomic mass is 10.1. The van der Waals surface area contributed by atoms with E-state index in [0.717, 1.165) is 0 Å². The average molecular weight is 327 g/mol. The van der Waals surface area contributed by atoms with Gasteiger partial charge in [-0.25, -0.2) is 14.0 Å². The molecule has 0 spiro atoms. The highest BCUT2D eigenvalue weighted by molar-refractivity contribution is 5.80. The SMILES string of the molecule is C[C@H](OCc1ccc(F)cc1)[C@H](NC(=O)OC(C)(C)C)C(=O)O. The Morgan fingerprint density at radius 1 is 1.26 bits per heavy atom. The molecule has 7 heteroatoms. The molecule has 128 valence electrons. The molecule has 1 aromatic rings. The normalized spacial score (nSPS) is 14.0. The van der Waals surface area contributed by atoms with Gasteiger partial charge in [0.05, 0.1) is 12.7 Å². The highest BCUT2D eigenvalue weighted by Gasteiger charge is 2.29. The number of ether oxygens (including phenoxy) is 2. The summed E-state index contributed by atoms with van der Waals surface area (Å²) in [4.78, 5) is 23.0. The van der Waals surface area contributed by atoms with Crippen LogP contribution in [-0.4, -0.2) is 34.9 Å². The first-order chi connectivity index (χ1) is 10.6. The predicted molar refractivity (Wildman–Crippen MR) is 81.4 cm³/mol. The molecule has 0 aliphatic carbocycles. The largest absolute Gasteiger partial charge is 0.480 e. The molecule has 0 aliphatic heterocycles. The number of hydrogen-bond donors (Lipinski definition) is 2. The maximum absolute atomic E-state index is 12.8. The van der Waals surface area contributed by atoms with Crippen molar-refractivity contribution in [1.29, 1.82) is 0 Å². The van der Waals surface area contributed by atoms with E-state index in [1.54, 1.807) is 32.9 Å². The van der Waals surface area contributed by atoms with Gasteiger partial charge in [-0.3, -0.25) is 0 Å². The molecule has 0 heterocycles. The fourth-order valence-corrected chi connectivity index (χ4v) is 1.72. The lowest BCUT2D eigenvalue weighted by Gasteiger charge is -2.25. The van der Waals surface area contributed by atoms with Gasteiger partial charge in [-0.1, -0.05) is 12.1 Å². The minimum absolute atomic E-state index is 0.0984. The first kappa shape index (κ1) is 18.9. The molecule has 0 aromatic heterocycles. The van der Waals surface area contributed by atoms with Crippen molar-refractivity contribution in [3.05, 3.63) is 35.6 Å². The van der Waals surface area contributed by atoms with Crippen molar-refractivity contribution in [1.82, 2.24) is 5.32 Å². The van der Waals surface area contributed by atoms with E-state index in [1.165, 1.54) is 19.1 Å². The number of aliphatic carboxylic acids is 1. The summed E-state index contributed by atoms with van der Waals surface area (Å²) in [6.45, 7) is 6.66. The van der Waals surface area contributed by atoms with Crippen LogP contribution in [0, 0.1) is 5.82 Å². The van der Waals surface area contributed by atoms with Gasteiger partial charge in [0.1, 0.15) is 11.4 Å². The van der Waals surface area contributed by atoms with Crippen LogP contribution < -0.4 is 5.32 Å². The molecule has 2 N–H and O–H groups in total. The summed E-state index contributed by atoms with van der Waals surface area (Å²) in [5, 5.41) is 11.5. The quantitative estimate of drug-likeness (QED) is 0.839. The zero-order valence-electron chi connectivity index (χ0n) is 13.6. The number of amides is 1. The number of carbonyl (C=O) groups is 2. The summed E-state index contributed by atoms with van der Waals surface area (Å²) < 4.78 is 23.3. The number of nitrogens with one attached hydrogen (secondary N) is 1. The van der Waals surface area contributed by atoms with Gasteiger partial charge in [0, 0.05) is 0 Å². The van der Waals surface area contributed by atoms with Gasteiger partial charge >= 0.3 is 12.1 Å². The highest BCUT2D eigenvalue weighted by Crippen LogP contribution is 2.10. The van der Waals surface area contributed by atoms with Crippen LogP contribution in [0.15, 0.2) is 24.3 Å². The molecule has 0 bridgehead atoms. The van der Waals surface area contributed by atoms with E-state index in [1.807, 2.05) is 0 Å². The second-order valence-corrected chi connectivity index (χ2v) is 6.10. The Kier molecular flexibility index (Phi) is 6.50. The van der Waals surface area contributed by atoms with E-state index >= 15 is 0 Å². The third kappa shape index (κ3) is 7.10. The van der Waals surface area contributed by atoms with Crippen molar-refractivity contribution >= 4 is 12.1 Å². The average Bonchev–Trinajstić information content (AvgIpc) is 2.41. The number of carbonyl (C=O) groups excluding carboxylic acids is 1. The van der Waals surface area contributed by atoms with Crippen molar-refractivity contribution in [2.24, 2.45) is 0 Å². The molecule has 0 saturated carbocycles. The number of carboxylic acids is 1. The third-order valence-electron chi connectivity index (χ3n) is 2.83. The van der Waals surface area contributed by atoms with Crippen molar-refractivity contribution < 1.29 is 28.6 Å². The summed E-state index contributed by atoms with van der Waals surface area (Å²) in [7, 11) is 0. The van der Waals surface area contributed by atoms with E-state index < -0.39 is 29.8 Å². The zero-order chi connectivity index (χ0) is 17.6. The molecular weight excluding hydrogens is 305 g/mol. The summed E-state index contributed by atoms with van der Waals surface area (Å²) in [5.41, 5.74) is -0.0367. The lowest BCUT2D eigenvalue weighted by Crippen LogP contribution is -2.50. The van der Waals surface area contributed by atoms with Crippen LogP contribution in [0.1, 0.15) is 33.3 Å². The number of carboxylic acid groups (broad SMARTS) is 1. The molecule has 6 nitrogen and oxygen atoms in total. The molecule has 1 rings (SSSR count). The fraction of sp³-hybridized carbons (Fsp3) is 0.500. The lowest BCUT2D eigenvalue weighted by molar-refractivity contribution is -0.143. The number of halogens is 1. The molecule has 1 amide bonds. The molecular formula is C16H22FNO5. The van der Waals surface area contributed by atoms with Crippen molar-refractivity contribution in [3.8, 4) is 0 Å². The van der Waals surface area contributed by atoms with Crippen LogP contribution in [-0.2, 0) is 20.9 Å². The smallest absolute Gasteiger partial charge is 0.408 e. The van der Waals surface area contributed by atoms with Crippen LogP contribution in [0.5, 0.6) is 0 Å². The Morgan fingerprint density at radius 3 is 2.30 bits per heavy atom. The summed E-state index contributed by atoms with van der Waals surface area (Å²) >= 11 is 0. The van der Waals surface area contributed by atoms with Gasteiger partial charge in [0.15, 0.2) is 6.04 Å². The molecule has 1 aromatic carbocycles. The van der Waals surface area contributed by atoms with Crippen LogP contribution in [0.2, 0.25) is 0 Å². The molecule has 2 atom stereocenters. The summed E-state index contributed by atoms with van der Waals surface area (Å²) in [6, 6.07) is 4.40. The van der Waals surface area contributed by atoms with Gasteiger partial charge in [0.25, 0.3) is 0 Å². The maximum atomic E-state index is 12.8. The predicted octanol–water partition coefficient (Wildman–Crippen LogP) is 2.71. The van der Waals surface area contributed by atoms with Gasteiger partial charge < -0.3 is 19.9 Å². The zero-order valence-corrected chi connectivity index (χ0v) is 13.6.